The lowest BCUT2D eigenvalue weighted by atomic mass is 10.2. The summed E-state index contributed by atoms with van der Waals surface area (Å²) in [4.78, 5) is 29.7. The van der Waals surface area contributed by atoms with Crippen LogP contribution in [0.3, 0.4) is 0 Å². The van der Waals surface area contributed by atoms with Crippen LogP contribution in [-0.4, -0.2) is 58.8 Å². The molecular weight excluding hydrogens is 878 g/mol. The zero-order valence-corrected chi connectivity index (χ0v) is 32.5. The van der Waals surface area contributed by atoms with Crippen molar-refractivity contribution in [2.45, 2.75) is 14.7 Å². The molecule has 0 atom stereocenters. The number of fused-ring (bicyclic) bond motifs is 20. The highest BCUT2D eigenvalue weighted by molar-refractivity contribution is 7.86. The quantitative estimate of drug-likeness (QED) is 0.0614. The first-order chi connectivity index (χ1) is 26.3. The van der Waals surface area contributed by atoms with E-state index in [1.54, 1.807) is 0 Å². The topological polar surface area (TPSA) is 276 Å². The van der Waals surface area contributed by atoms with Gasteiger partial charge in [-0.15, -0.1) is 0 Å². The molecule has 0 saturated carbocycles. The van der Waals surface area contributed by atoms with E-state index >= 15 is 0 Å². The van der Waals surface area contributed by atoms with Crippen LogP contribution in [-0.2, 0) is 30.4 Å². The van der Waals surface area contributed by atoms with Crippen molar-refractivity contribution < 1.29 is 38.9 Å². The van der Waals surface area contributed by atoms with Gasteiger partial charge in [0, 0.05) is 32.3 Å². The number of hydrogen-bond acceptors (Lipinski definition) is 10. The fraction of sp³-hybridized carbons (Fsp3) is 0. The summed E-state index contributed by atoms with van der Waals surface area (Å²) in [6.45, 7) is 0. The molecule has 4 aromatic carbocycles. The molecule has 0 unspecified atom stereocenters. The molecule has 0 amide bonds. The van der Waals surface area contributed by atoms with E-state index in [0.717, 1.165) is 30.3 Å². The van der Waals surface area contributed by atoms with E-state index in [1.807, 2.05) is 0 Å². The second-order valence-electron chi connectivity index (χ2n) is 12.3. The fourth-order valence-electron chi connectivity index (χ4n) is 6.46. The number of nitrogens with one attached hydrogen (secondary N) is 4. The Morgan fingerprint density at radius 2 is 0.714 bits per heavy atom. The molecule has 8 bridgehead atoms. The zero-order chi connectivity index (χ0) is 39.8. The molecule has 0 fully saturated rings. The summed E-state index contributed by atoms with van der Waals surface area (Å²) in [5.74, 6) is 0.131. The number of hydrogen-bond donors (Lipinski definition) is 7. The molecule has 56 heavy (non-hydrogen) atoms. The minimum Gasteiger partial charge on any atom is -0.324 e. The summed E-state index contributed by atoms with van der Waals surface area (Å²) in [7, 11) is -14.1. The van der Waals surface area contributed by atoms with Gasteiger partial charge in [0.15, 0.2) is 0 Å². The van der Waals surface area contributed by atoms with E-state index in [0.29, 0.717) is 5.39 Å². The number of benzene rings is 4. The number of H-pyrrole nitrogens is 4. The van der Waals surface area contributed by atoms with Crippen molar-refractivity contribution >= 4 is 143 Å². The van der Waals surface area contributed by atoms with Crippen molar-refractivity contribution in [3.05, 3.63) is 96.6 Å². The third-order valence-electron chi connectivity index (χ3n) is 8.98. The summed E-state index contributed by atoms with van der Waals surface area (Å²) in [5.41, 5.74) is 0.0730. The van der Waals surface area contributed by atoms with Crippen LogP contribution in [0, 0.1) is 0 Å². The summed E-state index contributed by atoms with van der Waals surface area (Å²) in [6, 6.07) is 11.0. The highest BCUT2D eigenvalue weighted by Gasteiger charge is 2.23. The molecular formula is C32H16Cl4N8O9S3. The lowest BCUT2D eigenvalue weighted by Gasteiger charge is -2.04. The highest BCUT2D eigenvalue weighted by atomic mass is 35.5. The number of halogens is 4. The van der Waals surface area contributed by atoms with Gasteiger partial charge in [0.1, 0.15) is 45.2 Å². The molecule has 0 saturated heterocycles. The molecule has 17 nitrogen and oxygen atoms in total. The second-order valence-corrected chi connectivity index (χ2v) is 18.1. The van der Waals surface area contributed by atoms with Gasteiger partial charge in [-0.1, -0.05) is 46.4 Å². The van der Waals surface area contributed by atoms with Crippen LogP contribution in [0.1, 0.15) is 0 Å². The molecule has 9 rings (SSSR count). The van der Waals surface area contributed by atoms with Gasteiger partial charge in [-0.2, -0.15) is 25.3 Å². The summed E-state index contributed by atoms with van der Waals surface area (Å²) >= 11 is 26.5. The predicted molar refractivity (Wildman–Crippen MR) is 206 cm³/mol. The first-order valence-electron chi connectivity index (χ1n) is 15.4. The maximum Gasteiger partial charge on any atom is 0.294 e. The van der Waals surface area contributed by atoms with Crippen LogP contribution in [0.15, 0.2) is 89.3 Å². The molecule has 1 aliphatic heterocycles. The van der Waals surface area contributed by atoms with Crippen molar-refractivity contribution in [2.24, 2.45) is 20.0 Å². The van der Waals surface area contributed by atoms with Crippen molar-refractivity contribution in [1.82, 2.24) is 19.9 Å². The monoisotopic (exact) mass is 892 g/mol. The van der Waals surface area contributed by atoms with Gasteiger partial charge in [0.2, 0.25) is 0 Å². The number of rotatable bonds is 3. The normalized spacial score (nSPS) is 13.6. The van der Waals surface area contributed by atoms with Crippen LogP contribution in [0.25, 0.3) is 43.1 Å². The predicted octanol–water partition coefficient (Wildman–Crippen LogP) is 6.08. The van der Waals surface area contributed by atoms with E-state index in [9.17, 15) is 38.9 Å². The summed E-state index contributed by atoms with van der Waals surface area (Å²) in [6.07, 6.45) is 0. The Balaban J connectivity index is 1.53. The molecule has 1 aliphatic rings. The minimum atomic E-state index is -4.71. The average molecular weight is 895 g/mol. The van der Waals surface area contributed by atoms with Crippen LogP contribution in [0.4, 0.5) is 23.3 Å². The van der Waals surface area contributed by atoms with Gasteiger partial charge in [-0.3, -0.25) is 13.7 Å². The zero-order valence-electron chi connectivity index (χ0n) is 27.0. The molecule has 0 radical (unpaired) electrons. The number of aromatic amines is 4. The van der Waals surface area contributed by atoms with E-state index in [4.69, 9.17) is 66.4 Å². The lowest BCUT2D eigenvalue weighted by molar-refractivity contribution is 0.481. The maximum atomic E-state index is 12.2. The van der Waals surface area contributed by atoms with Gasteiger partial charge < -0.3 is 19.9 Å². The smallest absolute Gasteiger partial charge is 0.294 e. The van der Waals surface area contributed by atoms with Crippen molar-refractivity contribution in [1.29, 1.82) is 0 Å². The Morgan fingerprint density at radius 3 is 1.12 bits per heavy atom. The Morgan fingerprint density at radius 1 is 0.393 bits per heavy atom. The van der Waals surface area contributed by atoms with E-state index < -0.39 is 45.0 Å². The average Bonchev–Trinajstić information content (AvgIpc) is 3.86. The number of aromatic nitrogens is 4. The Hall–Kier alpha value is -4.87. The third kappa shape index (κ3) is 5.80. The molecule has 0 spiro atoms. The van der Waals surface area contributed by atoms with Crippen LogP contribution < -0.4 is 22.0 Å². The second kappa shape index (κ2) is 12.3. The molecule has 4 aromatic heterocycles. The first kappa shape index (κ1) is 36.7. The van der Waals surface area contributed by atoms with Gasteiger partial charge in [0.25, 0.3) is 30.4 Å². The molecule has 5 heterocycles. The highest BCUT2D eigenvalue weighted by Crippen LogP contribution is 2.42. The van der Waals surface area contributed by atoms with Gasteiger partial charge in [-0.05, 0) is 54.6 Å². The molecule has 284 valence electrons. The van der Waals surface area contributed by atoms with Gasteiger partial charge >= 0.3 is 0 Å². The van der Waals surface area contributed by atoms with Crippen molar-refractivity contribution in [3.63, 3.8) is 0 Å². The van der Waals surface area contributed by atoms with Gasteiger partial charge in [-0.25, -0.2) is 20.0 Å². The Labute approximate surface area is 331 Å². The fourth-order valence-corrected chi connectivity index (χ4v) is 9.01. The summed E-state index contributed by atoms with van der Waals surface area (Å²) < 4.78 is 103. The molecule has 7 N–H and O–H groups in total. The van der Waals surface area contributed by atoms with E-state index in [1.165, 1.54) is 24.3 Å². The Kier molecular flexibility index (Phi) is 8.08. The largest absolute Gasteiger partial charge is 0.324 e. The van der Waals surface area contributed by atoms with E-state index in [-0.39, 0.29) is 103 Å². The van der Waals surface area contributed by atoms with E-state index in [2.05, 4.69) is 19.9 Å². The van der Waals surface area contributed by atoms with Crippen LogP contribution in [0.2, 0.25) is 20.1 Å². The maximum absolute atomic E-state index is 12.2. The third-order valence-corrected chi connectivity index (χ3v) is 13.3. The molecule has 8 aromatic rings. The lowest BCUT2D eigenvalue weighted by Crippen LogP contribution is -2.10. The van der Waals surface area contributed by atoms with Gasteiger partial charge in [0.05, 0.1) is 45.5 Å². The Bertz CT molecular complexity index is 3750. The van der Waals surface area contributed by atoms with Crippen LogP contribution >= 0.6 is 46.4 Å². The molecule has 24 heteroatoms. The minimum absolute atomic E-state index is 0.00634. The number of nitrogens with zero attached hydrogens (tertiary/aromatic N) is 4. The SMILES string of the molecule is O=S(=O)(O)c1ccc2c3[nH]c(c2c1)N=c1[nH]c(c2cc(S(=O)(=O)O)ccc12)=Nc1[nH]c(c2cc(S(=O)(=O)O)ccc12)N=c1[nH]c(c2c(Cl)c(Cl)c(Cl)c(Cl)c12)=N3. The van der Waals surface area contributed by atoms with Crippen molar-refractivity contribution in [2.75, 3.05) is 0 Å². The van der Waals surface area contributed by atoms with Crippen LogP contribution in [0.5, 0.6) is 0 Å². The standard InChI is InChI=1S/C32H16Cl4N8O9S3/c33-21-19-20(22(34)24(36)23(21)35)32-43-30-18-9-12(56(51,52)53)2-5-14(18)26(40-30)39-28-16-7-10(54(45,46)47)1-4-13(16)25(37-28)38-29-17-8-11(55(48,49)50)3-6-15(17)27(41-29)42-31(19)44-32/h1-9H,(H,45,46,47)(H,48,49,50)(H,51,52,53)(H4,37,38,39,40,41,42,43,44). The van der Waals surface area contributed by atoms with Crippen molar-refractivity contribution in [3.8, 4) is 0 Å². The first-order valence-corrected chi connectivity index (χ1v) is 21.3. The molecule has 0 aliphatic carbocycles. The summed E-state index contributed by atoms with van der Waals surface area (Å²) in [5, 5.41) is 1.20.